The van der Waals surface area contributed by atoms with Crippen molar-refractivity contribution < 1.29 is 19.5 Å². The number of nitrogens with one attached hydrogen (secondary N) is 2. The van der Waals surface area contributed by atoms with Crippen LogP contribution in [0, 0.1) is 0 Å². The molecule has 0 spiro atoms. The van der Waals surface area contributed by atoms with Crippen LogP contribution in [0.4, 0.5) is 0 Å². The Balaban J connectivity index is 0.00000455. The summed E-state index contributed by atoms with van der Waals surface area (Å²) in [6, 6.07) is 41.3. The molecule has 13 heteroatoms. The molecule has 4 nitrogen and oxygen atoms in total. The molecular formula is C44H22Br8N4Zn. The maximum atomic E-state index is 5.54. The minimum absolute atomic E-state index is 0. The van der Waals surface area contributed by atoms with E-state index in [2.05, 4.69) is 186 Å². The van der Waals surface area contributed by atoms with E-state index in [0.29, 0.717) is 0 Å². The van der Waals surface area contributed by atoms with Crippen molar-refractivity contribution >= 4 is 167 Å². The zero-order valence-electron chi connectivity index (χ0n) is 29.2. The first-order valence-electron chi connectivity index (χ1n) is 17.0. The summed E-state index contributed by atoms with van der Waals surface area (Å²) in [4.78, 5) is 18.8. The van der Waals surface area contributed by atoms with E-state index >= 15 is 0 Å². The van der Waals surface area contributed by atoms with Crippen LogP contribution in [0.25, 0.3) is 84.5 Å². The average molecular weight is 1310 g/mol. The van der Waals surface area contributed by atoms with Gasteiger partial charge in [-0.05, 0) is 150 Å². The topological polar surface area (TPSA) is 57.4 Å². The molecule has 0 saturated heterocycles. The maximum absolute atomic E-state index is 5.54. The SMILES string of the molecule is BrC1=C(Br)c2nc1c(-c1ccccc1)c1[nH]c(c(Br)c1Br)c(-c1ccccc1)c1nc(c(-c3ccccc3)c3[nH]c(c(Br)c3Br)c2-c2ccccc2)C(Br)=C1Br.[Zn]. The van der Waals surface area contributed by atoms with E-state index in [9.17, 15) is 0 Å². The predicted octanol–water partition coefficient (Wildman–Crippen LogP) is 17.3. The molecule has 0 amide bonds. The molecular weight excluding hydrogens is 1290 g/mol. The molecule has 7 aromatic rings. The van der Waals surface area contributed by atoms with Gasteiger partial charge in [0.2, 0.25) is 0 Å². The number of aromatic nitrogens is 4. The molecule has 8 bridgehead atoms. The molecule has 0 atom stereocenters. The smallest absolute Gasteiger partial charge is 0.0891 e. The second-order valence-electron chi connectivity index (χ2n) is 12.8. The Morgan fingerprint density at radius 3 is 0.684 bits per heavy atom. The molecule has 2 aliphatic heterocycles. The van der Waals surface area contributed by atoms with Crippen molar-refractivity contribution in [3.63, 3.8) is 0 Å². The largest absolute Gasteiger partial charge is 0.352 e. The predicted molar refractivity (Wildman–Crippen MR) is 263 cm³/mol. The van der Waals surface area contributed by atoms with Gasteiger partial charge in [0.1, 0.15) is 0 Å². The van der Waals surface area contributed by atoms with Gasteiger partial charge in [-0.3, -0.25) is 0 Å². The first-order chi connectivity index (χ1) is 27.2. The molecule has 3 aromatic heterocycles. The Hall–Kier alpha value is -2.06. The van der Waals surface area contributed by atoms with Crippen LogP contribution in [0.1, 0.15) is 22.8 Å². The Kier molecular flexibility index (Phi) is 12.5. The van der Waals surface area contributed by atoms with Gasteiger partial charge in [-0.1, -0.05) is 121 Å². The second kappa shape index (κ2) is 17.1. The number of benzene rings is 4. The van der Waals surface area contributed by atoms with Gasteiger partial charge >= 0.3 is 0 Å². The Labute approximate surface area is 408 Å². The van der Waals surface area contributed by atoms with Crippen LogP contribution in [-0.2, 0) is 19.5 Å². The van der Waals surface area contributed by atoms with Crippen LogP contribution in [0.2, 0.25) is 0 Å². The third-order valence-corrected chi connectivity index (χ3v) is 18.0. The quantitative estimate of drug-likeness (QED) is 0.173. The summed E-state index contributed by atoms with van der Waals surface area (Å²) in [7, 11) is 0. The van der Waals surface area contributed by atoms with E-state index in [-0.39, 0.29) is 19.5 Å². The molecule has 0 fully saturated rings. The van der Waals surface area contributed by atoms with Crippen molar-refractivity contribution in [1.82, 2.24) is 19.9 Å². The summed E-state index contributed by atoms with van der Waals surface area (Å²) in [5, 5.41) is 0. The third-order valence-electron chi connectivity index (χ3n) is 9.62. The number of hydrogen-bond acceptors (Lipinski definition) is 2. The number of rotatable bonds is 4. The van der Waals surface area contributed by atoms with E-state index in [4.69, 9.17) is 9.97 Å². The average Bonchev–Trinajstić information content (AvgIpc) is 3.89. The van der Waals surface area contributed by atoms with Gasteiger partial charge in [0, 0.05) is 41.7 Å². The molecule has 0 aliphatic carbocycles. The maximum Gasteiger partial charge on any atom is 0.0891 e. The van der Waals surface area contributed by atoms with Crippen molar-refractivity contribution in [3.05, 3.63) is 162 Å². The number of H-pyrrole nitrogens is 2. The van der Waals surface area contributed by atoms with Crippen molar-refractivity contribution in [2.45, 2.75) is 0 Å². The minimum Gasteiger partial charge on any atom is -0.352 e. The van der Waals surface area contributed by atoms with E-state index < -0.39 is 0 Å². The van der Waals surface area contributed by atoms with E-state index in [1.807, 2.05) is 72.8 Å². The minimum atomic E-state index is 0. The number of fused-ring (bicyclic) bond motifs is 8. The molecule has 57 heavy (non-hydrogen) atoms. The molecule has 0 radical (unpaired) electrons. The number of hydrogen-bond donors (Lipinski definition) is 2. The van der Waals surface area contributed by atoms with Gasteiger partial charge in [0.05, 0.1) is 80.7 Å². The molecule has 2 N–H and O–H groups in total. The molecule has 0 saturated carbocycles. The summed E-state index contributed by atoms with van der Waals surface area (Å²) in [5.74, 6) is 0. The summed E-state index contributed by atoms with van der Waals surface area (Å²) >= 11 is 32.2. The molecule has 5 heterocycles. The fourth-order valence-electron chi connectivity index (χ4n) is 7.11. The van der Waals surface area contributed by atoms with Crippen molar-refractivity contribution in [2.24, 2.45) is 0 Å². The Bertz CT molecular complexity index is 2580. The van der Waals surface area contributed by atoms with Crippen LogP contribution < -0.4 is 0 Å². The van der Waals surface area contributed by atoms with Crippen LogP contribution in [0.5, 0.6) is 0 Å². The van der Waals surface area contributed by atoms with E-state index in [0.717, 1.165) is 125 Å². The van der Waals surface area contributed by atoms with Gasteiger partial charge in [-0.25, -0.2) is 9.97 Å². The first kappa shape index (κ1) is 41.7. The standard InChI is InChI=1S/C44H22Br8N4.Zn/c45-29-31(47)39-26(22-15-7-2-8-16-22)41-33(49)35(51)43(55-41)28(24-19-11-4-12-20-24)44-36(52)34(50)42(56-44)27(23-17-9-3-10-18-23)40-32(48)30(46)38(54-40)25(37(29)53-39)21-13-5-1-6-14-21;/h1-20,53,56H;. The van der Waals surface area contributed by atoms with Gasteiger partial charge in [0.25, 0.3) is 0 Å². The summed E-state index contributed by atoms with van der Waals surface area (Å²) in [6.45, 7) is 0. The van der Waals surface area contributed by atoms with Crippen LogP contribution in [0.15, 0.2) is 139 Å². The fraction of sp³-hybridized carbons (Fsp3) is 0. The number of nitrogens with zero attached hydrogens (tertiary/aromatic N) is 2. The molecule has 4 aromatic carbocycles. The fourth-order valence-corrected chi connectivity index (χ4v) is 11.0. The number of halogens is 8. The van der Waals surface area contributed by atoms with Crippen LogP contribution in [-0.4, -0.2) is 19.9 Å². The van der Waals surface area contributed by atoms with Crippen LogP contribution in [0.3, 0.4) is 0 Å². The van der Waals surface area contributed by atoms with Crippen LogP contribution >= 0.6 is 127 Å². The Morgan fingerprint density at radius 1 is 0.298 bits per heavy atom. The summed E-state index contributed by atoms with van der Waals surface area (Å²) in [6.07, 6.45) is 0. The van der Waals surface area contributed by atoms with Crippen molar-refractivity contribution in [2.75, 3.05) is 0 Å². The monoisotopic (exact) mass is 1300 g/mol. The normalized spacial score (nSPS) is 12.6. The zero-order valence-corrected chi connectivity index (χ0v) is 44.8. The van der Waals surface area contributed by atoms with Gasteiger partial charge < -0.3 is 9.97 Å². The van der Waals surface area contributed by atoms with Gasteiger partial charge in [0.15, 0.2) is 0 Å². The van der Waals surface area contributed by atoms with Gasteiger partial charge in [-0.15, -0.1) is 0 Å². The first-order valence-corrected chi connectivity index (χ1v) is 23.4. The second-order valence-corrected chi connectivity index (χ2v) is 19.2. The van der Waals surface area contributed by atoms with E-state index in [1.165, 1.54) is 0 Å². The Morgan fingerprint density at radius 2 is 0.491 bits per heavy atom. The molecule has 2 aliphatic rings. The van der Waals surface area contributed by atoms with Crippen molar-refractivity contribution in [3.8, 4) is 44.5 Å². The summed E-state index contributed by atoms with van der Waals surface area (Å²) < 4.78 is 6.69. The summed E-state index contributed by atoms with van der Waals surface area (Å²) in [5.41, 5.74) is 14.0. The zero-order chi connectivity index (χ0) is 38.8. The van der Waals surface area contributed by atoms with Crippen molar-refractivity contribution in [1.29, 1.82) is 0 Å². The molecule has 0 unspecified atom stereocenters. The number of aromatic amines is 2. The van der Waals surface area contributed by atoms with Gasteiger partial charge in [-0.2, -0.15) is 0 Å². The van der Waals surface area contributed by atoms with E-state index in [1.54, 1.807) is 0 Å². The molecule has 9 rings (SSSR count). The third kappa shape index (κ3) is 7.22. The molecule has 276 valence electrons.